The minimum absolute atomic E-state index is 0.0189. The second-order valence-corrected chi connectivity index (χ2v) is 13.1. The number of carbonyl (C=O) groups is 4. The van der Waals surface area contributed by atoms with Crippen LogP contribution in [0, 0.1) is 24.7 Å². The number of nitrogens with one attached hydrogen (secondary N) is 1. The SMILES string of the molecule is COC(=O)[C@@H](C)C[C@H](Cc1nc(C)cs1)NC(=O)c1csc([C@@H](CC(C(C)C)N(C)C(=O)CC2COC2)OC(C)=O)n1. The van der Waals surface area contributed by atoms with Gasteiger partial charge < -0.3 is 24.4 Å². The molecule has 13 heteroatoms. The van der Waals surface area contributed by atoms with Gasteiger partial charge >= 0.3 is 11.9 Å². The molecule has 4 atom stereocenters. The highest BCUT2D eigenvalue weighted by molar-refractivity contribution is 7.10. The molecule has 1 N–H and O–H groups in total. The van der Waals surface area contributed by atoms with Crippen molar-refractivity contribution < 1.29 is 33.4 Å². The topological polar surface area (TPSA) is 137 Å². The molecule has 0 saturated carbocycles. The van der Waals surface area contributed by atoms with Gasteiger partial charge in [0.25, 0.3) is 5.91 Å². The van der Waals surface area contributed by atoms with Crippen LogP contribution in [0.25, 0.3) is 0 Å². The van der Waals surface area contributed by atoms with Gasteiger partial charge in [-0.2, -0.15) is 0 Å². The zero-order valence-electron chi connectivity index (χ0n) is 25.4. The van der Waals surface area contributed by atoms with E-state index in [1.54, 1.807) is 24.3 Å². The van der Waals surface area contributed by atoms with E-state index in [1.807, 2.05) is 26.2 Å². The van der Waals surface area contributed by atoms with Crippen LogP contribution in [0.1, 0.15) is 79.3 Å². The highest BCUT2D eigenvalue weighted by atomic mass is 32.1. The number of ether oxygens (including phenoxy) is 3. The Morgan fingerprint density at radius 2 is 1.83 bits per heavy atom. The molecule has 0 bridgehead atoms. The molecule has 0 aliphatic carbocycles. The van der Waals surface area contributed by atoms with Gasteiger partial charge in [0.2, 0.25) is 5.91 Å². The highest BCUT2D eigenvalue weighted by Crippen LogP contribution is 2.31. The van der Waals surface area contributed by atoms with E-state index in [9.17, 15) is 19.2 Å². The molecule has 2 aromatic heterocycles. The third kappa shape index (κ3) is 9.56. The number of aromatic nitrogens is 2. The number of hydrogen-bond acceptors (Lipinski definition) is 11. The van der Waals surface area contributed by atoms with Crippen LogP contribution in [-0.2, 0) is 35.0 Å². The summed E-state index contributed by atoms with van der Waals surface area (Å²) in [5, 5.41) is 7.91. The lowest BCUT2D eigenvalue weighted by Gasteiger charge is -2.35. The maximum Gasteiger partial charge on any atom is 0.308 e. The number of amides is 2. The summed E-state index contributed by atoms with van der Waals surface area (Å²) in [7, 11) is 3.12. The molecule has 232 valence electrons. The van der Waals surface area contributed by atoms with E-state index in [4.69, 9.17) is 14.2 Å². The lowest BCUT2D eigenvalue weighted by Crippen LogP contribution is -2.44. The van der Waals surface area contributed by atoms with Gasteiger partial charge in [-0.1, -0.05) is 20.8 Å². The number of aryl methyl sites for hydroxylation is 1. The largest absolute Gasteiger partial charge is 0.469 e. The molecular weight excluding hydrogens is 580 g/mol. The van der Waals surface area contributed by atoms with Crippen molar-refractivity contribution in [3.8, 4) is 0 Å². The average Bonchev–Trinajstić information content (AvgIpc) is 3.56. The van der Waals surface area contributed by atoms with Crippen molar-refractivity contribution in [2.24, 2.45) is 17.8 Å². The van der Waals surface area contributed by atoms with Crippen LogP contribution >= 0.6 is 22.7 Å². The van der Waals surface area contributed by atoms with Gasteiger partial charge in [0.15, 0.2) is 6.10 Å². The van der Waals surface area contributed by atoms with Crippen molar-refractivity contribution >= 4 is 46.4 Å². The van der Waals surface area contributed by atoms with Gasteiger partial charge in [0.05, 0.1) is 31.2 Å². The zero-order chi connectivity index (χ0) is 31.0. The third-order valence-electron chi connectivity index (χ3n) is 7.29. The summed E-state index contributed by atoms with van der Waals surface area (Å²) < 4.78 is 15.8. The molecule has 2 amide bonds. The van der Waals surface area contributed by atoms with Crippen molar-refractivity contribution in [3.05, 3.63) is 32.2 Å². The summed E-state index contributed by atoms with van der Waals surface area (Å²) in [5.74, 6) is -1.31. The van der Waals surface area contributed by atoms with Crippen LogP contribution in [-0.4, -0.2) is 78.1 Å². The number of esters is 2. The molecular formula is C29H42N4O7S2. The van der Waals surface area contributed by atoms with Crippen LogP contribution in [0.5, 0.6) is 0 Å². The molecule has 42 heavy (non-hydrogen) atoms. The number of nitrogens with zero attached hydrogens (tertiary/aromatic N) is 3. The summed E-state index contributed by atoms with van der Waals surface area (Å²) in [6, 6.07) is -0.590. The smallest absolute Gasteiger partial charge is 0.308 e. The fourth-order valence-corrected chi connectivity index (χ4v) is 6.59. The predicted molar refractivity (Wildman–Crippen MR) is 159 cm³/mol. The summed E-state index contributed by atoms with van der Waals surface area (Å²) in [5.41, 5.74) is 1.08. The monoisotopic (exact) mass is 622 g/mol. The Labute approximate surface area is 255 Å². The molecule has 0 spiro atoms. The molecule has 0 aromatic carbocycles. The molecule has 11 nitrogen and oxygen atoms in total. The average molecular weight is 623 g/mol. The molecule has 1 saturated heterocycles. The quantitative estimate of drug-likeness (QED) is 0.293. The Morgan fingerprint density at radius 3 is 2.38 bits per heavy atom. The molecule has 3 rings (SSSR count). The van der Waals surface area contributed by atoms with Crippen LogP contribution in [0.4, 0.5) is 0 Å². The van der Waals surface area contributed by atoms with Crippen molar-refractivity contribution in [2.45, 2.75) is 78.5 Å². The first-order valence-electron chi connectivity index (χ1n) is 14.1. The first-order chi connectivity index (χ1) is 19.9. The van der Waals surface area contributed by atoms with Crippen LogP contribution < -0.4 is 5.32 Å². The Morgan fingerprint density at radius 1 is 1.12 bits per heavy atom. The second-order valence-electron chi connectivity index (χ2n) is 11.2. The summed E-state index contributed by atoms with van der Waals surface area (Å²) in [6.45, 7) is 10.2. The Balaban J connectivity index is 1.75. The fraction of sp³-hybridized carbons (Fsp3) is 0.655. The number of thiazole rings is 2. The van der Waals surface area contributed by atoms with Crippen molar-refractivity contribution in [1.82, 2.24) is 20.2 Å². The highest BCUT2D eigenvalue weighted by Gasteiger charge is 2.33. The fourth-order valence-electron chi connectivity index (χ4n) is 4.90. The lowest BCUT2D eigenvalue weighted by atomic mass is 9.95. The van der Waals surface area contributed by atoms with E-state index in [2.05, 4.69) is 15.3 Å². The van der Waals surface area contributed by atoms with Gasteiger partial charge in [0.1, 0.15) is 10.7 Å². The predicted octanol–water partition coefficient (Wildman–Crippen LogP) is 3.96. The Hall–Kier alpha value is -2.90. The van der Waals surface area contributed by atoms with Crippen molar-refractivity contribution in [2.75, 3.05) is 27.4 Å². The molecule has 1 aliphatic rings. The first-order valence-corrected chi connectivity index (χ1v) is 15.9. The van der Waals surface area contributed by atoms with Gasteiger partial charge in [-0.15, -0.1) is 22.7 Å². The minimum atomic E-state index is -0.725. The maximum absolute atomic E-state index is 13.3. The first kappa shape index (κ1) is 33.6. The summed E-state index contributed by atoms with van der Waals surface area (Å²) in [6.07, 6.45) is 0.862. The van der Waals surface area contributed by atoms with E-state index >= 15 is 0 Å². The van der Waals surface area contributed by atoms with Gasteiger partial charge in [-0.3, -0.25) is 19.2 Å². The summed E-state index contributed by atoms with van der Waals surface area (Å²) in [4.78, 5) is 61.2. The van der Waals surface area contributed by atoms with E-state index in [0.29, 0.717) is 43.9 Å². The number of methoxy groups -OCH3 is 1. The van der Waals surface area contributed by atoms with E-state index < -0.39 is 23.9 Å². The molecule has 3 heterocycles. The van der Waals surface area contributed by atoms with Gasteiger partial charge in [-0.05, 0) is 19.3 Å². The third-order valence-corrected chi connectivity index (χ3v) is 9.21. The molecule has 0 radical (unpaired) electrons. The molecule has 1 unspecified atom stereocenters. The summed E-state index contributed by atoms with van der Waals surface area (Å²) >= 11 is 2.73. The van der Waals surface area contributed by atoms with E-state index in [-0.39, 0.29) is 41.5 Å². The van der Waals surface area contributed by atoms with Gasteiger partial charge in [0, 0.05) is 67.7 Å². The van der Waals surface area contributed by atoms with Gasteiger partial charge in [-0.25, -0.2) is 9.97 Å². The second kappa shape index (κ2) is 15.5. The Kier molecular flexibility index (Phi) is 12.4. The minimum Gasteiger partial charge on any atom is -0.469 e. The maximum atomic E-state index is 13.3. The van der Waals surface area contributed by atoms with Crippen LogP contribution in [0.15, 0.2) is 10.8 Å². The zero-order valence-corrected chi connectivity index (χ0v) is 27.0. The number of carbonyl (C=O) groups excluding carboxylic acids is 4. The Bertz CT molecular complexity index is 1230. The van der Waals surface area contributed by atoms with E-state index in [1.165, 1.54) is 36.7 Å². The number of rotatable bonds is 15. The van der Waals surface area contributed by atoms with Crippen LogP contribution in [0.3, 0.4) is 0 Å². The number of hydrogen-bond donors (Lipinski definition) is 1. The lowest BCUT2D eigenvalue weighted by molar-refractivity contribution is -0.149. The van der Waals surface area contributed by atoms with Crippen molar-refractivity contribution in [3.63, 3.8) is 0 Å². The molecule has 1 fully saturated rings. The molecule has 1 aliphatic heterocycles. The standard InChI is InChI=1S/C29H42N4O7S2/c1-16(2)23(33(6)26(35)9-20-12-39-13-20)11-24(40-19(5)34)28-32-22(15-42-28)27(36)31-21(8-17(3)29(37)38-7)10-25-30-18(4)14-41-25/h14-17,20-21,23-24H,8-13H2,1-7H3,(H,31,36)/t17-,21+,23?,24+/m0/s1. The molecule has 2 aromatic rings. The van der Waals surface area contributed by atoms with Crippen molar-refractivity contribution in [1.29, 1.82) is 0 Å². The van der Waals surface area contributed by atoms with E-state index in [0.717, 1.165) is 10.7 Å². The van der Waals surface area contributed by atoms with Crippen LogP contribution in [0.2, 0.25) is 0 Å². The normalized spacial score (nSPS) is 16.2.